The van der Waals surface area contributed by atoms with Crippen LogP contribution in [0, 0.1) is 17.7 Å². The first-order valence-electron chi connectivity index (χ1n) is 7.07. The number of benzene rings is 1. The fraction of sp³-hybridized carbons (Fsp3) is 0.625. The number of nitrogens with one attached hydrogen (secondary N) is 1. The largest absolute Gasteiger partial charge is 0.307 e. The SMILES string of the molecule is CC1CCC(NC(C)c2cccc(F)c2)C(C)C1. The standard InChI is InChI=1S/C16H24FN/c1-11-7-8-16(12(2)9-11)18-13(3)14-5-4-6-15(17)10-14/h4-6,10-13,16,18H,7-9H2,1-3H3. The third kappa shape index (κ3) is 3.32. The van der Waals surface area contributed by atoms with Crippen molar-refractivity contribution in [1.29, 1.82) is 0 Å². The Kier molecular flexibility index (Phi) is 4.39. The van der Waals surface area contributed by atoms with Gasteiger partial charge in [0.15, 0.2) is 0 Å². The second-order valence-corrected chi connectivity index (χ2v) is 5.95. The molecule has 100 valence electrons. The van der Waals surface area contributed by atoms with Crippen molar-refractivity contribution in [1.82, 2.24) is 5.32 Å². The molecule has 1 aromatic rings. The Morgan fingerprint density at radius 2 is 2.06 bits per heavy atom. The molecule has 0 aliphatic heterocycles. The van der Waals surface area contributed by atoms with Crippen LogP contribution in [0.2, 0.25) is 0 Å². The fourth-order valence-electron chi connectivity index (χ4n) is 3.11. The third-order valence-corrected chi connectivity index (χ3v) is 4.24. The molecule has 1 aromatic carbocycles. The molecule has 0 bridgehead atoms. The highest BCUT2D eigenvalue weighted by Crippen LogP contribution is 2.30. The van der Waals surface area contributed by atoms with Crippen LogP contribution in [0.25, 0.3) is 0 Å². The van der Waals surface area contributed by atoms with Gasteiger partial charge in [-0.1, -0.05) is 26.0 Å². The molecule has 1 saturated carbocycles. The van der Waals surface area contributed by atoms with E-state index in [9.17, 15) is 4.39 Å². The van der Waals surface area contributed by atoms with Crippen molar-refractivity contribution < 1.29 is 4.39 Å². The summed E-state index contributed by atoms with van der Waals surface area (Å²) in [6.45, 7) is 6.79. The lowest BCUT2D eigenvalue weighted by atomic mass is 9.79. The van der Waals surface area contributed by atoms with Gasteiger partial charge in [0.1, 0.15) is 5.82 Å². The van der Waals surface area contributed by atoms with Crippen LogP contribution in [0.1, 0.15) is 51.6 Å². The maximum atomic E-state index is 13.2. The molecule has 0 radical (unpaired) electrons. The summed E-state index contributed by atoms with van der Waals surface area (Å²) in [5, 5.41) is 3.67. The maximum Gasteiger partial charge on any atom is 0.123 e. The first kappa shape index (κ1) is 13.5. The Labute approximate surface area is 110 Å². The summed E-state index contributed by atoms with van der Waals surface area (Å²) in [5.41, 5.74) is 1.04. The zero-order chi connectivity index (χ0) is 13.1. The van der Waals surface area contributed by atoms with Gasteiger partial charge < -0.3 is 5.32 Å². The van der Waals surface area contributed by atoms with E-state index in [2.05, 4.69) is 26.1 Å². The zero-order valence-electron chi connectivity index (χ0n) is 11.6. The molecule has 1 aliphatic carbocycles. The van der Waals surface area contributed by atoms with Crippen LogP contribution < -0.4 is 5.32 Å². The van der Waals surface area contributed by atoms with Gasteiger partial charge in [0.25, 0.3) is 0 Å². The van der Waals surface area contributed by atoms with Crippen molar-refractivity contribution in [3.05, 3.63) is 35.6 Å². The number of hydrogen-bond donors (Lipinski definition) is 1. The molecule has 0 heterocycles. The van der Waals surface area contributed by atoms with Crippen molar-refractivity contribution in [2.45, 2.75) is 52.1 Å². The topological polar surface area (TPSA) is 12.0 Å². The number of rotatable bonds is 3. The Bertz CT molecular complexity index is 390. The highest BCUT2D eigenvalue weighted by atomic mass is 19.1. The van der Waals surface area contributed by atoms with Gasteiger partial charge in [-0.05, 0) is 55.7 Å². The van der Waals surface area contributed by atoms with E-state index < -0.39 is 0 Å². The Morgan fingerprint density at radius 3 is 2.72 bits per heavy atom. The minimum atomic E-state index is -0.147. The molecule has 18 heavy (non-hydrogen) atoms. The fourth-order valence-corrected chi connectivity index (χ4v) is 3.11. The van der Waals surface area contributed by atoms with Gasteiger partial charge >= 0.3 is 0 Å². The summed E-state index contributed by atoms with van der Waals surface area (Å²) in [6.07, 6.45) is 3.84. The van der Waals surface area contributed by atoms with Crippen LogP contribution >= 0.6 is 0 Å². The van der Waals surface area contributed by atoms with Crippen molar-refractivity contribution in [2.24, 2.45) is 11.8 Å². The molecule has 0 amide bonds. The Balaban J connectivity index is 1.97. The summed E-state index contributed by atoms with van der Waals surface area (Å²) in [6, 6.07) is 7.71. The van der Waals surface area contributed by atoms with E-state index in [0.717, 1.165) is 11.5 Å². The van der Waals surface area contributed by atoms with Gasteiger partial charge in [-0.2, -0.15) is 0 Å². The quantitative estimate of drug-likeness (QED) is 0.842. The molecule has 1 fully saturated rings. The second kappa shape index (κ2) is 5.83. The summed E-state index contributed by atoms with van der Waals surface area (Å²) in [4.78, 5) is 0. The molecule has 2 rings (SSSR count). The molecule has 1 nitrogen and oxygen atoms in total. The van der Waals surface area contributed by atoms with E-state index in [1.807, 2.05) is 6.07 Å². The summed E-state index contributed by atoms with van der Waals surface area (Å²) >= 11 is 0. The average molecular weight is 249 g/mol. The van der Waals surface area contributed by atoms with E-state index in [0.29, 0.717) is 12.0 Å². The van der Waals surface area contributed by atoms with E-state index in [1.54, 1.807) is 12.1 Å². The molecule has 0 saturated heterocycles. The zero-order valence-corrected chi connectivity index (χ0v) is 11.6. The summed E-state index contributed by atoms with van der Waals surface area (Å²) in [5.74, 6) is 1.42. The molecule has 2 heteroatoms. The minimum absolute atomic E-state index is 0.147. The lowest BCUT2D eigenvalue weighted by Crippen LogP contribution is -2.40. The van der Waals surface area contributed by atoms with Gasteiger partial charge in [-0.3, -0.25) is 0 Å². The Morgan fingerprint density at radius 1 is 1.28 bits per heavy atom. The molecular formula is C16H24FN. The van der Waals surface area contributed by atoms with E-state index in [1.165, 1.54) is 25.3 Å². The predicted molar refractivity (Wildman–Crippen MR) is 73.9 cm³/mol. The smallest absolute Gasteiger partial charge is 0.123 e. The number of halogens is 1. The van der Waals surface area contributed by atoms with Crippen molar-refractivity contribution in [3.8, 4) is 0 Å². The van der Waals surface area contributed by atoms with Crippen molar-refractivity contribution >= 4 is 0 Å². The summed E-state index contributed by atoms with van der Waals surface area (Å²) < 4.78 is 13.2. The average Bonchev–Trinajstić information content (AvgIpc) is 2.32. The highest BCUT2D eigenvalue weighted by Gasteiger charge is 2.26. The van der Waals surface area contributed by atoms with Gasteiger partial charge in [0.05, 0.1) is 0 Å². The Hall–Kier alpha value is -0.890. The summed E-state index contributed by atoms with van der Waals surface area (Å²) in [7, 11) is 0. The van der Waals surface area contributed by atoms with E-state index in [-0.39, 0.29) is 11.9 Å². The van der Waals surface area contributed by atoms with Crippen molar-refractivity contribution in [3.63, 3.8) is 0 Å². The van der Waals surface area contributed by atoms with Gasteiger partial charge in [0, 0.05) is 12.1 Å². The lowest BCUT2D eigenvalue weighted by Gasteiger charge is -2.35. The monoisotopic (exact) mass is 249 g/mol. The van der Waals surface area contributed by atoms with Crippen LogP contribution in [0.15, 0.2) is 24.3 Å². The minimum Gasteiger partial charge on any atom is -0.307 e. The highest BCUT2D eigenvalue weighted by molar-refractivity contribution is 5.19. The normalized spacial score (nSPS) is 30.1. The van der Waals surface area contributed by atoms with Crippen molar-refractivity contribution in [2.75, 3.05) is 0 Å². The lowest BCUT2D eigenvalue weighted by molar-refractivity contribution is 0.216. The molecule has 1 N–H and O–H groups in total. The van der Waals surface area contributed by atoms with Crippen LogP contribution in [0.4, 0.5) is 4.39 Å². The predicted octanol–water partition coefficient (Wildman–Crippen LogP) is 4.30. The molecule has 1 aliphatic rings. The second-order valence-electron chi connectivity index (χ2n) is 5.95. The van der Waals surface area contributed by atoms with E-state index >= 15 is 0 Å². The maximum absolute atomic E-state index is 13.2. The molecular weight excluding hydrogens is 225 g/mol. The van der Waals surface area contributed by atoms with Gasteiger partial charge in [0.2, 0.25) is 0 Å². The number of hydrogen-bond acceptors (Lipinski definition) is 1. The molecule has 4 atom stereocenters. The third-order valence-electron chi connectivity index (χ3n) is 4.24. The van der Waals surface area contributed by atoms with Crippen LogP contribution in [0.3, 0.4) is 0 Å². The van der Waals surface area contributed by atoms with Crippen LogP contribution in [0.5, 0.6) is 0 Å². The van der Waals surface area contributed by atoms with E-state index in [4.69, 9.17) is 0 Å². The van der Waals surface area contributed by atoms with Crippen LogP contribution in [-0.4, -0.2) is 6.04 Å². The van der Waals surface area contributed by atoms with Crippen LogP contribution in [-0.2, 0) is 0 Å². The molecule has 0 spiro atoms. The van der Waals surface area contributed by atoms with Gasteiger partial charge in [-0.25, -0.2) is 4.39 Å². The van der Waals surface area contributed by atoms with Gasteiger partial charge in [-0.15, -0.1) is 0 Å². The molecule has 4 unspecified atom stereocenters. The first-order valence-corrected chi connectivity index (χ1v) is 7.07. The molecule has 0 aromatic heterocycles. The first-order chi connectivity index (χ1) is 8.56.